The molecule has 23 heavy (non-hydrogen) atoms. The highest BCUT2D eigenvalue weighted by atomic mass is 35.5. The molecule has 0 atom stereocenters. The lowest BCUT2D eigenvalue weighted by atomic mass is 10.2. The first kappa shape index (κ1) is 18.7. The largest absolute Gasteiger partial charge is 0.489 e. The van der Waals surface area contributed by atoms with Gasteiger partial charge in [-0.3, -0.25) is 0 Å². The average Bonchev–Trinajstić information content (AvgIpc) is 3.30. The van der Waals surface area contributed by atoms with Gasteiger partial charge in [-0.25, -0.2) is 0 Å². The summed E-state index contributed by atoms with van der Waals surface area (Å²) >= 11 is 18.2. The Balaban J connectivity index is 0.00000192. The Hall–Kier alpha value is -0.640. The fourth-order valence-corrected chi connectivity index (χ4v) is 2.82. The molecule has 0 aromatic heterocycles. The molecule has 0 spiro atoms. The molecule has 2 nitrogen and oxygen atoms in total. The predicted molar refractivity (Wildman–Crippen MR) is 99.4 cm³/mol. The molecule has 0 radical (unpaired) electrons. The summed E-state index contributed by atoms with van der Waals surface area (Å²) in [4.78, 5) is 0. The van der Waals surface area contributed by atoms with Gasteiger partial charge in [-0.15, -0.1) is 12.4 Å². The Labute approximate surface area is 157 Å². The quantitative estimate of drug-likeness (QED) is 0.660. The zero-order chi connectivity index (χ0) is 15.5. The third-order valence-corrected chi connectivity index (χ3v) is 4.40. The minimum absolute atomic E-state index is 0. The SMILES string of the molecule is Cl.Clc1ccc(COc2ccc(Cl)cc2CNC2CC2)c(Cl)c1. The molecule has 0 bridgehead atoms. The van der Waals surface area contributed by atoms with Crippen LogP contribution in [-0.2, 0) is 13.2 Å². The first-order valence-electron chi connectivity index (χ1n) is 7.20. The van der Waals surface area contributed by atoms with E-state index in [1.165, 1.54) is 12.8 Å². The summed E-state index contributed by atoms with van der Waals surface area (Å²) in [6.07, 6.45) is 2.49. The van der Waals surface area contributed by atoms with Gasteiger partial charge >= 0.3 is 0 Å². The molecule has 2 aromatic rings. The van der Waals surface area contributed by atoms with E-state index in [0.717, 1.165) is 23.4 Å². The van der Waals surface area contributed by atoms with Crippen LogP contribution in [0.1, 0.15) is 24.0 Å². The van der Waals surface area contributed by atoms with Gasteiger partial charge in [0, 0.05) is 38.8 Å². The summed E-state index contributed by atoms with van der Waals surface area (Å²) in [7, 11) is 0. The van der Waals surface area contributed by atoms with Crippen molar-refractivity contribution in [1.29, 1.82) is 0 Å². The average molecular weight is 393 g/mol. The van der Waals surface area contributed by atoms with Crippen LogP contribution < -0.4 is 10.1 Å². The van der Waals surface area contributed by atoms with Crippen molar-refractivity contribution in [3.8, 4) is 5.75 Å². The zero-order valence-electron chi connectivity index (χ0n) is 12.3. The molecule has 1 saturated carbocycles. The van der Waals surface area contributed by atoms with Crippen molar-refractivity contribution in [3.05, 3.63) is 62.6 Å². The van der Waals surface area contributed by atoms with E-state index in [4.69, 9.17) is 39.5 Å². The minimum Gasteiger partial charge on any atom is -0.489 e. The van der Waals surface area contributed by atoms with Crippen LogP contribution in [0.15, 0.2) is 36.4 Å². The molecule has 6 heteroatoms. The van der Waals surface area contributed by atoms with Crippen molar-refractivity contribution in [2.45, 2.75) is 32.0 Å². The van der Waals surface area contributed by atoms with E-state index in [-0.39, 0.29) is 12.4 Å². The van der Waals surface area contributed by atoms with Crippen molar-refractivity contribution >= 4 is 47.2 Å². The van der Waals surface area contributed by atoms with E-state index in [0.29, 0.717) is 27.7 Å². The Morgan fingerprint density at radius 1 is 0.957 bits per heavy atom. The molecule has 2 aromatic carbocycles. The molecule has 1 fully saturated rings. The molecule has 0 aliphatic heterocycles. The smallest absolute Gasteiger partial charge is 0.124 e. The predicted octanol–water partition coefficient (Wildman–Crippen LogP) is 5.90. The van der Waals surface area contributed by atoms with Crippen LogP contribution in [0.5, 0.6) is 5.75 Å². The standard InChI is InChI=1S/C17H16Cl3NO.ClH/c18-13-3-6-17(12(7-13)9-21-15-4-5-15)22-10-11-1-2-14(19)8-16(11)20;/h1-3,6-8,15,21H,4-5,9-10H2;1H. The van der Waals surface area contributed by atoms with Crippen molar-refractivity contribution in [2.75, 3.05) is 0 Å². The molecule has 124 valence electrons. The molecule has 1 aliphatic carbocycles. The maximum absolute atomic E-state index is 6.17. The van der Waals surface area contributed by atoms with Crippen LogP contribution in [0.3, 0.4) is 0 Å². The summed E-state index contributed by atoms with van der Waals surface area (Å²) in [6.45, 7) is 1.16. The lowest BCUT2D eigenvalue weighted by Gasteiger charge is -2.13. The third kappa shape index (κ3) is 5.44. The first-order chi connectivity index (χ1) is 10.6. The number of hydrogen-bond donors (Lipinski definition) is 1. The van der Waals surface area contributed by atoms with Gasteiger partial charge in [0.25, 0.3) is 0 Å². The Morgan fingerprint density at radius 3 is 2.35 bits per heavy atom. The van der Waals surface area contributed by atoms with E-state index in [9.17, 15) is 0 Å². The minimum atomic E-state index is 0. The molecule has 0 heterocycles. The van der Waals surface area contributed by atoms with Gasteiger partial charge in [0.15, 0.2) is 0 Å². The topological polar surface area (TPSA) is 21.3 Å². The summed E-state index contributed by atoms with van der Waals surface area (Å²) in [5.41, 5.74) is 1.96. The second kappa shape index (κ2) is 8.46. The summed E-state index contributed by atoms with van der Waals surface area (Å²) in [5.74, 6) is 0.823. The molecule has 0 amide bonds. The summed E-state index contributed by atoms with van der Waals surface area (Å²) in [5, 5.41) is 5.42. The fourth-order valence-electron chi connectivity index (χ4n) is 2.16. The van der Waals surface area contributed by atoms with E-state index >= 15 is 0 Å². The molecule has 0 unspecified atom stereocenters. The van der Waals surface area contributed by atoms with Crippen molar-refractivity contribution in [1.82, 2.24) is 5.32 Å². The maximum Gasteiger partial charge on any atom is 0.124 e. The van der Waals surface area contributed by atoms with E-state index in [2.05, 4.69) is 5.32 Å². The maximum atomic E-state index is 6.17. The van der Waals surface area contributed by atoms with Crippen molar-refractivity contribution < 1.29 is 4.74 Å². The number of rotatable bonds is 6. The van der Waals surface area contributed by atoms with Crippen LogP contribution in [-0.4, -0.2) is 6.04 Å². The highest BCUT2D eigenvalue weighted by Crippen LogP contribution is 2.27. The molecule has 0 saturated heterocycles. The Kier molecular flexibility index (Phi) is 6.87. The van der Waals surface area contributed by atoms with Gasteiger partial charge in [0.05, 0.1) is 0 Å². The van der Waals surface area contributed by atoms with Crippen LogP contribution in [0.2, 0.25) is 15.1 Å². The van der Waals surface area contributed by atoms with Gasteiger partial charge in [-0.1, -0.05) is 40.9 Å². The number of hydrogen-bond acceptors (Lipinski definition) is 2. The Bertz CT molecular complexity index is 674. The normalized spacial score (nSPS) is 13.5. The lowest BCUT2D eigenvalue weighted by Crippen LogP contribution is -2.16. The molecule has 3 rings (SSSR count). The summed E-state index contributed by atoms with van der Waals surface area (Å²) in [6, 6.07) is 11.7. The van der Waals surface area contributed by atoms with Crippen molar-refractivity contribution in [2.24, 2.45) is 0 Å². The molecule has 1 N–H and O–H groups in total. The van der Waals surface area contributed by atoms with Crippen LogP contribution in [0.25, 0.3) is 0 Å². The van der Waals surface area contributed by atoms with E-state index in [1.54, 1.807) is 6.07 Å². The van der Waals surface area contributed by atoms with Gasteiger partial charge in [-0.05, 0) is 43.2 Å². The highest BCUT2D eigenvalue weighted by Gasteiger charge is 2.20. The fraction of sp³-hybridized carbons (Fsp3) is 0.294. The molecular weight excluding hydrogens is 376 g/mol. The van der Waals surface area contributed by atoms with Gasteiger partial charge in [0.1, 0.15) is 12.4 Å². The molecule has 1 aliphatic rings. The summed E-state index contributed by atoms with van der Waals surface area (Å²) < 4.78 is 5.93. The number of ether oxygens (including phenoxy) is 1. The van der Waals surface area contributed by atoms with Crippen molar-refractivity contribution in [3.63, 3.8) is 0 Å². The first-order valence-corrected chi connectivity index (χ1v) is 8.34. The van der Waals surface area contributed by atoms with Gasteiger partial charge < -0.3 is 10.1 Å². The highest BCUT2D eigenvalue weighted by molar-refractivity contribution is 6.35. The molecular formula is C17H17Cl4NO. The van der Waals surface area contributed by atoms with Gasteiger partial charge in [0.2, 0.25) is 0 Å². The number of nitrogens with one attached hydrogen (secondary N) is 1. The van der Waals surface area contributed by atoms with Crippen LogP contribution in [0.4, 0.5) is 0 Å². The van der Waals surface area contributed by atoms with Gasteiger partial charge in [-0.2, -0.15) is 0 Å². The Morgan fingerprint density at radius 2 is 1.65 bits per heavy atom. The van der Waals surface area contributed by atoms with Crippen LogP contribution >= 0.6 is 47.2 Å². The van der Waals surface area contributed by atoms with E-state index < -0.39 is 0 Å². The van der Waals surface area contributed by atoms with E-state index in [1.807, 2.05) is 30.3 Å². The monoisotopic (exact) mass is 391 g/mol. The second-order valence-corrected chi connectivity index (χ2v) is 6.71. The lowest BCUT2D eigenvalue weighted by molar-refractivity contribution is 0.302. The number of halogens is 4. The van der Waals surface area contributed by atoms with Crippen LogP contribution in [0, 0.1) is 0 Å². The second-order valence-electron chi connectivity index (χ2n) is 5.43. The zero-order valence-corrected chi connectivity index (χ0v) is 15.4. The number of benzene rings is 2. The third-order valence-electron chi connectivity index (χ3n) is 3.58.